The molecule has 82 valence electrons. The Morgan fingerprint density at radius 2 is 2.27 bits per heavy atom. The Kier molecular flexibility index (Phi) is 4.73. The van der Waals surface area contributed by atoms with E-state index in [1.807, 2.05) is 13.0 Å². The molecule has 1 heterocycles. The highest BCUT2D eigenvalue weighted by atomic mass is 79.9. The molecule has 5 heteroatoms. The van der Waals surface area contributed by atoms with Crippen molar-refractivity contribution >= 4 is 37.8 Å². The van der Waals surface area contributed by atoms with Crippen LogP contribution in [0.3, 0.4) is 0 Å². The first-order valence-electron chi connectivity index (χ1n) is 4.51. The molecule has 0 aromatic carbocycles. The molecule has 1 amide bonds. The Morgan fingerprint density at radius 1 is 1.60 bits per heavy atom. The summed E-state index contributed by atoms with van der Waals surface area (Å²) in [4.78, 5) is 17.6. The van der Waals surface area contributed by atoms with Gasteiger partial charge in [-0.15, -0.1) is 0 Å². The number of pyridine rings is 1. The van der Waals surface area contributed by atoms with Gasteiger partial charge in [0, 0.05) is 29.1 Å². The van der Waals surface area contributed by atoms with Crippen LogP contribution in [0.1, 0.15) is 17.4 Å². The van der Waals surface area contributed by atoms with Crippen LogP contribution in [0.2, 0.25) is 0 Å². The molecule has 1 unspecified atom stereocenters. The zero-order valence-electron chi connectivity index (χ0n) is 8.58. The Balaban J connectivity index is 2.80. The molecular weight excluding hydrogens is 324 g/mol. The Hall–Kier alpha value is -0.420. The third-order valence-corrected chi connectivity index (χ3v) is 3.56. The maximum absolute atomic E-state index is 11.9. The third kappa shape index (κ3) is 3.28. The highest BCUT2D eigenvalue weighted by molar-refractivity contribution is 9.10. The van der Waals surface area contributed by atoms with Crippen molar-refractivity contribution in [3.63, 3.8) is 0 Å². The van der Waals surface area contributed by atoms with Gasteiger partial charge in [-0.2, -0.15) is 0 Å². The van der Waals surface area contributed by atoms with Crippen molar-refractivity contribution in [2.75, 3.05) is 12.4 Å². The molecule has 0 bridgehead atoms. The minimum atomic E-state index is -0.0607. The van der Waals surface area contributed by atoms with E-state index in [-0.39, 0.29) is 11.9 Å². The highest BCUT2D eigenvalue weighted by Gasteiger charge is 2.17. The average Bonchev–Trinajstić information content (AvgIpc) is 2.27. The molecule has 3 nitrogen and oxygen atoms in total. The monoisotopic (exact) mass is 334 g/mol. The summed E-state index contributed by atoms with van der Waals surface area (Å²) < 4.78 is 0.871. The first-order chi connectivity index (χ1) is 7.06. The molecular formula is C10H12Br2N2O. The summed E-state index contributed by atoms with van der Waals surface area (Å²) in [6, 6.07) is 3.68. The fourth-order valence-electron chi connectivity index (χ4n) is 0.987. The van der Waals surface area contributed by atoms with E-state index < -0.39 is 0 Å². The summed E-state index contributed by atoms with van der Waals surface area (Å²) in [6.07, 6.45) is 1.62. The van der Waals surface area contributed by atoms with E-state index in [1.165, 1.54) is 0 Å². The second-order valence-corrected chi connectivity index (χ2v) is 4.84. The predicted octanol–water partition coefficient (Wildman–Crippen LogP) is 2.70. The summed E-state index contributed by atoms with van der Waals surface area (Å²) in [5, 5.41) is 0.756. The molecule has 1 aromatic heterocycles. The van der Waals surface area contributed by atoms with E-state index in [2.05, 4.69) is 36.8 Å². The number of hydrogen-bond donors (Lipinski definition) is 0. The molecule has 0 spiro atoms. The SMILES string of the molecule is CC(CBr)N(C)C(=O)c1ccc(Br)cn1. The number of carbonyl (C=O) groups is 1. The van der Waals surface area contributed by atoms with E-state index in [0.717, 1.165) is 9.80 Å². The largest absolute Gasteiger partial charge is 0.337 e. The minimum Gasteiger partial charge on any atom is -0.337 e. The molecule has 0 saturated carbocycles. The van der Waals surface area contributed by atoms with Crippen LogP contribution in [0.4, 0.5) is 0 Å². The van der Waals surface area contributed by atoms with Crippen LogP contribution in [-0.4, -0.2) is 34.2 Å². The van der Waals surface area contributed by atoms with Gasteiger partial charge < -0.3 is 4.90 Å². The van der Waals surface area contributed by atoms with Crippen LogP contribution in [-0.2, 0) is 0 Å². The van der Waals surface area contributed by atoms with Crippen molar-refractivity contribution in [3.8, 4) is 0 Å². The maximum Gasteiger partial charge on any atom is 0.272 e. The molecule has 0 aliphatic rings. The second kappa shape index (κ2) is 5.61. The summed E-state index contributed by atoms with van der Waals surface area (Å²) in [5.41, 5.74) is 0.466. The number of amides is 1. The number of hydrogen-bond acceptors (Lipinski definition) is 2. The van der Waals surface area contributed by atoms with Gasteiger partial charge in [-0.1, -0.05) is 15.9 Å². The van der Waals surface area contributed by atoms with Crippen LogP contribution >= 0.6 is 31.9 Å². The molecule has 0 fully saturated rings. The van der Waals surface area contributed by atoms with Gasteiger partial charge in [-0.3, -0.25) is 4.79 Å². The fraction of sp³-hybridized carbons (Fsp3) is 0.400. The van der Waals surface area contributed by atoms with Crippen molar-refractivity contribution in [1.82, 2.24) is 9.88 Å². The Labute approximate surface area is 106 Å². The smallest absolute Gasteiger partial charge is 0.272 e. The van der Waals surface area contributed by atoms with Crippen molar-refractivity contribution in [2.24, 2.45) is 0 Å². The number of halogens is 2. The fourth-order valence-corrected chi connectivity index (χ4v) is 1.66. The molecule has 1 aromatic rings. The average molecular weight is 336 g/mol. The lowest BCUT2D eigenvalue weighted by molar-refractivity contribution is 0.0752. The number of rotatable bonds is 3. The zero-order chi connectivity index (χ0) is 11.4. The Morgan fingerprint density at radius 3 is 2.73 bits per heavy atom. The molecule has 15 heavy (non-hydrogen) atoms. The summed E-state index contributed by atoms with van der Waals surface area (Å²) >= 11 is 6.63. The van der Waals surface area contributed by atoms with E-state index in [0.29, 0.717) is 5.69 Å². The van der Waals surface area contributed by atoms with E-state index in [4.69, 9.17) is 0 Å². The number of carbonyl (C=O) groups excluding carboxylic acids is 1. The standard InChI is InChI=1S/C10H12Br2N2O/c1-7(5-11)14(2)10(15)9-4-3-8(12)6-13-9/h3-4,6-7H,5H2,1-2H3. The molecule has 0 radical (unpaired) electrons. The molecule has 0 N–H and O–H groups in total. The molecule has 1 rings (SSSR count). The lowest BCUT2D eigenvalue weighted by atomic mass is 10.3. The first kappa shape index (κ1) is 12.6. The number of nitrogens with zero attached hydrogens (tertiary/aromatic N) is 2. The minimum absolute atomic E-state index is 0.0607. The lowest BCUT2D eigenvalue weighted by Crippen LogP contribution is -2.36. The van der Waals surface area contributed by atoms with Gasteiger partial charge in [0.1, 0.15) is 5.69 Å². The van der Waals surface area contributed by atoms with Gasteiger partial charge in [0.2, 0.25) is 0 Å². The van der Waals surface area contributed by atoms with Crippen molar-refractivity contribution in [2.45, 2.75) is 13.0 Å². The van der Waals surface area contributed by atoms with Crippen molar-refractivity contribution in [3.05, 3.63) is 28.5 Å². The van der Waals surface area contributed by atoms with Gasteiger partial charge in [-0.25, -0.2) is 4.98 Å². The molecule has 1 atom stereocenters. The van der Waals surface area contributed by atoms with E-state index in [9.17, 15) is 4.79 Å². The normalized spacial score (nSPS) is 12.3. The summed E-state index contributed by atoms with van der Waals surface area (Å²) in [6.45, 7) is 1.98. The van der Waals surface area contributed by atoms with E-state index >= 15 is 0 Å². The van der Waals surface area contributed by atoms with Crippen molar-refractivity contribution < 1.29 is 4.79 Å². The second-order valence-electron chi connectivity index (χ2n) is 3.28. The number of aromatic nitrogens is 1. The van der Waals surface area contributed by atoms with Crippen LogP contribution in [0.25, 0.3) is 0 Å². The zero-order valence-corrected chi connectivity index (χ0v) is 11.7. The molecule has 0 aliphatic carbocycles. The Bertz CT molecular complexity index is 340. The van der Waals surface area contributed by atoms with Gasteiger partial charge in [0.15, 0.2) is 0 Å². The summed E-state index contributed by atoms with van der Waals surface area (Å²) in [7, 11) is 1.78. The summed E-state index contributed by atoms with van der Waals surface area (Å²) in [5.74, 6) is -0.0607. The van der Waals surface area contributed by atoms with Crippen molar-refractivity contribution in [1.29, 1.82) is 0 Å². The van der Waals surface area contributed by atoms with Gasteiger partial charge >= 0.3 is 0 Å². The quantitative estimate of drug-likeness (QED) is 0.796. The first-order valence-corrected chi connectivity index (χ1v) is 6.42. The molecule has 0 saturated heterocycles. The maximum atomic E-state index is 11.9. The van der Waals surface area contributed by atoms with Crippen LogP contribution < -0.4 is 0 Å². The van der Waals surface area contributed by atoms with Crippen LogP contribution in [0, 0.1) is 0 Å². The van der Waals surface area contributed by atoms with Gasteiger partial charge in [-0.05, 0) is 35.0 Å². The predicted molar refractivity (Wildman–Crippen MR) is 67.3 cm³/mol. The van der Waals surface area contributed by atoms with Crippen LogP contribution in [0.15, 0.2) is 22.8 Å². The van der Waals surface area contributed by atoms with Gasteiger partial charge in [0.05, 0.1) is 0 Å². The number of alkyl halides is 1. The van der Waals surface area contributed by atoms with Gasteiger partial charge in [0.25, 0.3) is 5.91 Å². The van der Waals surface area contributed by atoms with E-state index in [1.54, 1.807) is 24.2 Å². The molecule has 0 aliphatic heterocycles. The topological polar surface area (TPSA) is 33.2 Å². The lowest BCUT2D eigenvalue weighted by Gasteiger charge is -2.22. The van der Waals surface area contributed by atoms with Crippen LogP contribution in [0.5, 0.6) is 0 Å². The third-order valence-electron chi connectivity index (χ3n) is 2.15. The highest BCUT2D eigenvalue weighted by Crippen LogP contribution is 2.10.